The lowest BCUT2D eigenvalue weighted by molar-refractivity contribution is -0.140. The van der Waals surface area contributed by atoms with Crippen LogP contribution in [0.25, 0.3) is 0 Å². The van der Waals surface area contributed by atoms with Crippen molar-refractivity contribution in [1.29, 1.82) is 0 Å². The Balaban J connectivity index is 2.69. The number of thiazole rings is 1. The standard InChI is InChI=1S/C14H23N3O3S/c1-6-9(2)17(13(19)8-20-5)7-12(18)16-14-15-10(3)11(4)21-14/h9H,6-8H2,1-5H3,(H,15,16,18)/t9-/m0/s1. The second-order valence-corrected chi connectivity index (χ2v) is 6.12. The summed E-state index contributed by atoms with van der Waals surface area (Å²) in [4.78, 5) is 31.0. The summed E-state index contributed by atoms with van der Waals surface area (Å²) in [7, 11) is 1.47. The zero-order chi connectivity index (χ0) is 16.0. The Morgan fingerprint density at radius 2 is 2.10 bits per heavy atom. The number of carbonyl (C=O) groups excluding carboxylic acids is 2. The first-order valence-corrected chi connectivity index (χ1v) is 7.72. The Kier molecular flexibility index (Phi) is 6.77. The van der Waals surface area contributed by atoms with Gasteiger partial charge in [-0.2, -0.15) is 0 Å². The summed E-state index contributed by atoms with van der Waals surface area (Å²) in [6, 6.07) is -0.0156. The zero-order valence-electron chi connectivity index (χ0n) is 13.2. The Labute approximate surface area is 129 Å². The van der Waals surface area contributed by atoms with E-state index in [4.69, 9.17) is 4.74 Å². The molecule has 0 fully saturated rings. The van der Waals surface area contributed by atoms with Crippen molar-refractivity contribution in [2.24, 2.45) is 0 Å². The maximum absolute atomic E-state index is 12.1. The number of aromatic nitrogens is 1. The molecule has 0 spiro atoms. The van der Waals surface area contributed by atoms with Crippen molar-refractivity contribution in [1.82, 2.24) is 9.88 Å². The highest BCUT2D eigenvalue weighted by Gasteiger charge is 2.22. The summed E-state index contributed by atoms with van der Waals surface area (Å²) in [5.74, 6) is -0.429. The molecule has 7 heteroatoms. The number of carbonyl (C=O) groups is 2. The second kappa shape index (κ2) is 8.09. The number of amides is 2. The van der Waals surface area contributed by atoms with Gasteiger partial charge in [0.2, 0.25) is 11.8 Å². The fourth-order valence-corrected chi connectivity index (χ4v) is 2.59. The average Bonchev–Trinajstić information content (AvgIpc) is 2.73. The van der Waals surface area contributed by atoms with Gasteiger partial charge in [0.05, 0.1) is 5.69 Å². The summed E-state index contributed by atoms with van der Waals surface area (Å²) in [6.45, 7) is 7.73. The number of nitrogens with zero attached hydrogens (tertiary/aromatic N) is 2. The maximum Gasteiger partial charge on any atom is 0.249 e. The van der Waals surface area contributed by atoms with Crippen LogP contribution in [0.15, 0.2) is 0 Å². The van der Waals surface area contributed by atoms with Gasteiger partial charge in [0, 0.05) is 18.0 Å². The van der Waals surface area contributed by atoms with Crippen molar-refractivity contribution in [2.75, 3.05) is 25.6 Å². The van der Waals surface area contributed by atoms with E-state index in [1.54, 1.807) is 0 Å². The summed E-state index contributed by atoms with van der Waals surface area (Å²) in [5, 5.41) is 3.31. The number of hydrogen-bond donors (Lipinski definition) is 1. The number of methoxy groups -OCH3 is 1. The fraction of sp³-hybridized carbons (Fsp3) is 0.643. The lowest BCUT2D eigenvalue weighted by Gasteiger charge is -2.27. The third-order valence-corrected chi connectivity index (χ3v) is 4.29. The van der Waals surface area contributed by atoms with Gasteiger partial charge in [-0.05, 0) is 27.2 Å². The highest BCUT2D eigenvalue weighted by Crippen LogP contribution is 2.21. The molecule has 1 rings (SSSR count). The number of ether oxygens (including phenoxy) is 1. The predicted molar refractivity (Wildman–Crippen MR) is 83.6 cm³/mol. The first kappa shape index (κ1) is 17.6. The number of anilines is 1. The van der Waals surface area contributed by atoms with Crippen LogP contribution in [0.4, 0.5) is 5.13 Å². The van der Waals surface area contributed by atoms with Gasteiger partial charge in [-0.1, -0.05) is 6.92 Å². The lowest BCUT2D eigenvalue weighted by atomic mass is 10.2. The quantitative estimate of drug-likeness (QED) is 0.835. The Hall–Kier alpha value is -1.47. The van der Waals surface area contributed by atoms with Crippen LogP contribution in [0.1, 0.15) is 30.8 Å². The second-order valence-electron chi connectivity index (χ2n) is 4.92. The molecule has 6 nitrogen and oxygen atoms in total. The number of aryl methyl sites for hydroxylation is 2. The monoisotopic (exact) mass is 313 g/mol. The normalized spacial score (nSPS) is 12.0. The molecule has 1 heterocycles. The van der Waals surface area contributed by atoms with Crippen molar-refractivity contribution in [3.8, 4) is 0 Å². The third kappa shape index (κ3) is 5.09. The topological polar surface area (TPSA) is 71.5 Å². The van der Waals surface area contributed by atoms with Gasteiger partial charge >= 0.3 is 0 Å². The Bertz CT molecular complexity index is 482. The van der Waals surface area contributed by atoms with Gasteiger partial charge in [0.25, 0.3) is 0 Å². The predicted octanol–water partition coefficient (Wildman–Crippen LogP) is 1.97. The average molecular weight is 313 g/mol. The van der Waals surface area contributed by atoms with Crippen molar-refractivity contribution in [3.63, 3.8) is 0 Å². The summed E-state index contributed by atoms with van der Waals surface area (Å²) >= 11 is 1.43. The van der Waals surface area contributed by atoms with Gasteiger partial charge in [-0.15, -0.1) is 11.3 Å². The minimum absolute atomic E-state index is 0.00880. The van der Waals surface area contributed by atoms with Crippen LogP contribution < -0.4 is 5.32 Å². The molecule has 0 bridgehead atoms. The minimum Gasteiger partial charge on any atom is -0.375 e. The van der Waals surface area contributed by atoms with Crippen LogP contribution in [0.2, 0.25) is 0 Å². The highest BCUT2D eigenvalue weighted by atomic mass is 32.1. The van der Waals surface area contributed by atoms with Crippen molar-refractivity contribution >= 4 is 28.3 Å². The Morgan fingerprint density at radius 1 is 1.43 bits per heavy atom. The summed E-state index contributed by atoms with van der Waals surface area (Å²) in [6.07, 6.45) is 0.776. The molecule has 1 N–H and O–H groups in total. The molecular formula is C14H23N3O3S. The van der Waals surface area contributed by atoms with E-state index in [1.807, 2.05) is 27.7 Å². The van der Waals surface area contributed by atoms with Crippen LogP contribution in [-0.2, 0) is 14.3 Å². The van der Waals surface area contributed by atoms with Crippen molar-refractivity contribution in [2.45, 2.75) is 40.2 Å². The summed E-state index contributed by atoms with van der Waals surface area (Å²) in [5.41, 5.74) is 0.907. The molecule has 21 heavy (non-hydrogen) atoms. The van der Waals surface area contributed by atoms with Crippen LogP contribution in [0.5, 0.6) is 0 Å². The molecule has 0 radical (unpaired) electrons. The van der Waals surface area contributed by atoms with Crippen LogP contribution in [0.3, 0.4) is 0 Å². The zero-order valence-corrected chi connectivity index (χ0v) is 14.0. The maximum atomic E-state index is 12.1. The highest BCUT2D eigenvalue weighted by molar-refractivity contribution is 7.15. The fourth-order valence-electron chi connectivity index (χ4n) is 1.76. The number of hydrogen-bond acceptors (Lipinski definition) is 5. The molecule has 0 aromatic carbocycles. The van der Waals surface area contributed by atoms with E-state index in [-0.39, 0.29) is 31.0 Å². The first-order valence-electron chi connectivity index (χ1n) is 6.91. The molecular weight excluding hydrogens is 290 g/mol. The van der Waals surface area contributed by atoms with E-state index >= 15 is 0 Å². The molecule has 1 aromatic rings. The van der Waals surface area contributed by atoms with Crippen LogP contribution in [0, 0.1) is 13.8 Å². The molecule has 1 aromatic heterocycles. The number of rotatable bonds is 7. The molecule has 0 saturated carbocycles. The van der Waals surface area contributed by atoms with E-state index in [9.17, 15) is 9.59 Å². The van der Waals surface area contributed by atoms with Gasteiger partial charge in [0.1, 0.15) is 13.2 Å². The van der Waals surface area contributed by atoms with Crippen molar-refractivity contribution in [3.05, 3.63) is 10.6 Å². The van der Waals surface area contributed by atoms with E-state index in [2.05, 4.69) is 10.3 Å². The Morgan fingerprint density at radius 3 is 2.57 bits per heavy atom. The molecule has 0 aliphatic rings. The van der Waals surface area contributed by atoms with Crippen LogP contribution >= 0.6 is 11.3 Å². The van der Waals surface area contributed by atoms with Crippen LogP contribution in [-0.4, -0.2) is 48.0 Å². The van der Waals surface area contributed by atoms with E-state index in [1.165, 1.54) is 23.3 Å². The smallest absolute Gasteiger partial charge is 0.249 e. The van der Waals surface area contributed by atoms with Crippen molar-refractivity contribution < 1.29 is 14.3 Å². The molecule has 0 unspecified atom stereocenters. The third-order valence-electron chi connectivity index (χ3n) is 3.30. The van der Waals surface area contributed by atoms with Gasteiger partial charge in [-0.3, -0.25) is 9.59 Å². The first-order chi connectivity index (χ1) is 9.88. The molecule has 0 saturated heterocycles. The minimum atomic E-state index is -0.242. The van der Waals surface area contributed by atoms with E-state index < -0.39 is 0 Å². The summed E-state index contributed by atoms with van der Waals surface area (Å²) < 4.78 is 4.86. The molecule has 0 aliphatic heterocycles. The number of nitrogens with one attached hydrogen (secondary N) is 1. The van der Waals surface area contributed by atoms with Gasteiger partial charge in [-0.25, -0.2) is 4.98 Å². The van der Waals surface area contributed by atoms with Gasteiger partial charge in [0.15, 0.2) is 5.13 Å². The van der Waals surface area contributed by atoms with E-state index in [0.29, 0.717) is 5.13 Å². The lowest BCUT2D eigenvalue weighted by Crippen LogP contribution is -2.44. The molecule has 118 valence electrons. The molecule has 0 aliphatic carbocycles. The molecule has 1 atom stereocenters. The largest absolute Gasteiger partial charge is 0.375 e. The SMILES string of the molecule is CC[C@H](C)N(CC(=O)Nc1nc(C)c(C)s1)C(=O)COC. The van der Waals surface area contributed by atoms with E-state index in [0.717, 1.165) is 17.0 Å². The van der Waals surface area contributed by atoms with Gasteiger partial charge < -0.3 is 15.0 Å². The molecule has 2 amide bonds.